The molecule has 1 rings (SSSR count). The van der Waals surface area contributed by atoms with Crippen molar-refractivity contribution >= 4 is 34.8 Å². The van der Waals surface area contributed by atoms with Crippen LogP contribution in [0.5, 0.6) is 0 Å². The summed E-state index contributed by atoms with van der Waals surface area (Å²) in [5.74, 6) is -0.199. The summed E-state index contributed by atoms with van der Waals surface area (Å²) in [6.07, 6.45) is 0. The van der Waals surface area contributed by atoms with E-state index in [4.69, 9.17) is 28.9 Å². The molecular weight excluding hydrogens is 297 g/mol. The monoisotopic (exact) mass is 317 g/mol. The van der Waals surface area contributed by atoms with Gasteiger partial charge < -0.3 is 16.0 Å². The molecule has 0 aromatic heterocycles. The van der Waals surface area contributed by atoms with E-state index in [0.717, 1.165) is 19.6 Å². The number of amides is 1. The Morgan fingerprint density at radius 3 is 2.45 bits per heavy atom. The molecule has 20 heavy (non-hydrogen) atoms. The topological polar surface area (TPSA) is 58.4 Å². The van der Waals surface area contributed by atoms with Gasteiger partial charge in [0, 0.05) is 18.2 Å². The maximum atomic E-state index is 12.1. The molecule has 1 aromatic carbocycles. The van der Waals surface area contributed by atoms with Gasteiger partial charge in [-0.3, -0.25) is 4.79 Å². The molecule has 0 heterocycles. The zero-order valence-electron chi connectivity index (χ0n) is 12.0. The highest BCUT2D eigenvalue weighted by Crippen LogP contribution is 2.29. The number of likely N-dealkylation sites (N-methyl/N-ethyl adjacent to an activating group) is 1. The Morgan fingerprint density at radius 1 is 1.35 bits per heavy atom. The fraction of sp³-hybridized carbons (Fsp3) is 0.500. The molecule has 4 nitrogen and oxygen atoms in total. The minimum absolute atomic E-state index is 0.0399. The van der Waals surface area contributed by atoms with Crippen molar-refractivity contribution in [1.29, 1.82) is 0 Å². The molecule has 0 aliphatic rings. The van der Waals surface area contributed by atoms with E-state index in [2.05, 4.69) is 24.1 Å². The number of halogens is 2. The van der Waals surface area contributed by atoms with Gasteiger partial charge in [-0.25, -0.2) is 0 Å². The normalized spacial score (nSPS) is 12.5. The minimum Gasteiger partial charge on any atom is -0.397 e. The van der Waals surface area contributed by atoms with Crippen molar-refractivity contribution in [3.63, 3.8) is 0 Å². The average molecular weight is 318 g/mol. The van der Waals surface area contributed by atoms with Crippen LogP contribution >= 0.6 is 23.2 Å². The van der Waals surface area contributed by atoms with Gasteiger partial charge in [0.15, 0.2) is 0 Å². The molecule has 0 aliphatic carbocycles. The standard InChI is InChI=1S/C14H21Cl2N3O/c1-4-19(5-2)8-9(3)18-14(20)10-6-11(15)13(16)12(17)7-10/h6-7,9H,4-5,8,17H2,1-3H3,(H,18,20). The molecule has 0 saturated heterocycles. The molecule has 0 bridgehead atoms. The van der Waals surface area contributed by atoms with Gasteiger partial charge in [0.05, 0.1) is 15.7 Å². The van der Waals surface area contributed by atoms with E-state index in [9.17, 15) is 4.79 Å². The highest BCUT2D eigenvalue weighted by Gasteiger charge is 2.14. The minimum atomic E-state index is -0.199. The van der Waals surface area contributed by atoms with Gasteiger partial charge >= 0.3 is 0 Å². The van der Waals surface area contributed by atoms with Crippen molar-refractivity contribution in [2.45, 2.75) is 26.8 Å². The van der Waals surface area contributed by atoms with Crippen LogP contribution in [0.4, 0.5) is 5.69 Å². The van der Waals surface area contributed by atoms with Crippen LogP contribution in [0.15, 0.2) is 12.1 Å². The van der Waals surface area contributed by atoms with Crippen molar-refractivity contribution in [2.24, 2.45) is 0 Å². The van der Waals surface area contributed by atoms with Crippen LogP contribution in [0.25, 0.3) is 0 Å². The van der Waals surface area contributed by atoms with E-state index >= 15 is 0 Å². The molecule has 3 N–H and O–H groups in total. The molecule has 0 fully saturated rings. The van der Waals surface area contributed by atoms with Crippen LogP contribution < -0.4 is 11.1 Å². The molecule has 0 radical (unpaired) electrons. The number of nitrogen functional groups attached to an aromatic ring is 1. The number of anilines is 1. The second-order valence-corrected chi connectivity index (χ2v) is 5.51. The van der Waals surface area contributed by atoms with E-state index in [0.29, 0.717) is 11.3 Å². The molecule has 1 unspecified atom stereocenters. The van der Waals surface area contributed by atoms with E-state index in [1.165, 1.54) is 12.1 Å². The van der Waals surface area contributed by atoms with E-state index in [1.807, 2.05) is 6.92 Å². The average Bonchev–Trinajstić information content (AvgIpc) is 2.41. The molecule has 112 valence electrons. The van der Waals surface area contributed by atoms with Gasteiger partial charge in [0.2, 0.25) is 0 Å². The fourth-order valence-corrected chi connectivity index (χ4v) is 2.30. The molecule has 0 aliphatic heterocycles. The SMILES string of the molecule is CCN(CC)CC(C)NC(=O)c1cc(N)c(Cl)c(Cl)c1. The summed E-state index contributed by atoms with van der Waals surface area (Å²) in [5.41, 5.74) is 6.44. The lowest BCUT2D eigenvalue weighted by Crippen LogP contribution is -2.41. The predicted molar refractivity (Wildman–Crippen MR) is 85.6 cm³/mol. The second-order valence-electron chi connectivity index (χ2n) is 4.72. The number of carbonyl (C=O) groups excluding carboxylic acids is 1. The Kier molecular flexibility index (Phi) is 6.59. The zero-order chi connectivity index (χ0) is 15.3. The summed E-state index contributed by atoms with van der Waals surface area (Å²) >= 11 is 11.8. The quantitative estimate of drug-likeness (QED) is 0.793. The first-order valence-corrected chi connectivity index (χ1v) is 7.42. The number of nitrogens with zero attached hydrogens (tertiary/aromatic N) is 1. The van der Waals surface area contributed by atoms with E-state index in [1.54, 1.807) is 0 Å². The molecule has 1 aromatic rings. The molecular formula is C14H21Cl2N3O. The highest BCUT2D eigenvalue weighted by atomic mass is 35.5. The zero-order valence-corrected chi connectivity index (χ0v) is 13.6. The lowest BCUT2D eigenvalue weighted by atomic mass is 10.1. The lowest BCUT2D eigenvalue weighted by Gasteiger charge is -2.23. The first kappa shape index (κ1) is 17.1. The summed E-state index contributed by atoms with van der Waals surface area (Å²) in [5, 5.41) is 3.49. The van der Waals surface area contributed by atoms with Crippen LogP contribution in [-0.2, 0) is 0 Å². The first-order chi connectivity index (χ1) is 9.38. The van der Waals surface area contributed by atoms with Crippen molar-refractivity contribution < 1.29 is 4.79 Å². The number of nitrogens with two attached hydrogens (primary N) is 1. The number of hydrogen-bond acceptors (Lipinski definition) is 3. The molecule has 1 amide bonds. The van der Waals surface area contributed by atoms with E-state index < -0.39 is 0 Å². The van der Waals surface area contributed by atoms with Gasteiger partial charge in [-0.2, -0.15) is 0 Å². The van der Waals surface area contributed by atoms with Gasteiger partial charge in [0.1, 0.15) is 0 Å². The largest absolute Gasteiger partial charge is 0.397 e. The Bertz CT molecular complexity index is 452. The lowest BCUT2D eigenvalue weighted by molar-refractivity contribution is 0.0930. The first-order valence-electron chi connectivity index (χ1n) is 6.66. The summed E-state index contributed by atoms with van der Waals surface area (Å²) in [7, 11) is 0. The smallest absolute Gasteiger partial charge is 0.251 e. The third kappa shape index (κ3) is 4.54. The Morgan fingerprint density at radius 2 is 1.95 bits per heavy atom. The summed E-state index contributed by atoms with van der Waals surface area (Å²) in [6, 6.07) is 3.10. The highest BCUT2D eigenvalue weighted by molar-refractivity contribution is 6.43. The number of carbonyl (C=O) groups is 1. The predicted octanol–water partition coefficient (Wildman–Crippen LogP) is 3.04. The Hall–Kier alpha value is -0.970. The number of nitrogens with one attached hydrogen (secondary N) is 1. The molecule has 0 spiro atoms. The Labute approximate surface area is 130 Å². The van der Waals surface area contributed by atoms with Crippen molar-refractivity contribution in [1.82, 2.24) is 10.2 Å². The van der Waals surface area contributed by atoms with E-state index in [-0.39, 0.29) is 22.0 Å². The van der Waals surface area contributed by atoms with Crippen LogP contribution in [0.3, 0.4) is 0 Å². The van der Waals surface area contributed by atoms with Crippen LogP contribution in [0, 0.1) is 0 Å². The summed E-state index contributed by atoms with van der Waals surface area (Å²) in [6.45, 7) is 8.87. The molecule has 6 heteroatoms. The van der Waals surface area contributed by atoms with Crippen LogP contribution in [-0.4, -0.2) is 36.5 Å². The number of benzene rings is 1. The van der Waals surface area contributed by atoms with Crippen molar-refractivity contribution in [3.8, 4) is 0 Å². The number of rotatable bonds is 6. The number of hydrogen-bond donors (Lipinski definition) is 2. The third-order valence-electron chi connectivity index (χ3n) is 3.12. The third-order valence-corrected chi connectivity index (χ3v) is 3.94. The van der Waals surface area contributed by atoms with Crippen molar-refractivity contribution in [2.75, 3.05) is 25.4 Å². The van der Waals surface area contributed by atoms with Gasteiger partial charge in [-0.05, 0) is 32.1 Å². The van der Waals surface area contributed by atoms with Crippen LogP contribution in [0.1, 0.15) is 31.1 Å². The van der Waals surface area contributed by atoms with Crippen molar-refractivity contribution in [3.05, 3.63) is 27.7 Å². The fourth-order valence-electron chi connectivity index (χ4n) is 1.96. The van der Waals surface area contributed by atoms with Gasteiger partial charge in [-0.15, -0.1) is 0 Å². The second kappa shape index (κ2) is 7.72. The van der Waals surface area contributed by atoms with Gasteiger partial charge in [0.25, 0.3) is 5.91 Å². The molecule has 0 saturated carbocycles. The van der Waals surface area contributed by atoms with Crippen LogP contribution in [0.2, 0.25) is 10.0 Å². The summed E-state index contributed by atoms with van der Waals surface area (Å²) in [4.78, 5) is 14.4. The summed E-state index contributed by atoms with van der Waals surface area (Å²) < 4.78 is 0. The maximum absolute atomic E-state index is 12.1. The molecule has 1 atom stereocenters. The Balaban J connectivity index is 2.71. The van der Waals surface area contributed by atoms with Gasteiger partial charge in [-0.1, -0.05) is 37.0 Å². The maximum Gasteiger partial charge on any atom is 0.251 e.